The summed E-state index contributed by atoms with van der Waals surface area (Å²) in [6, 6.07) is 1.94. The number of aryl methyl sites for hydroxylation is 1. The molecule has 0 radical (unpaired) electrons. The molecule has 5 heteroatoms. The minimum Gasteiger partial charge on any atom is -0.358 e. The Balaban J connectivity index is 2.78. The van der Waals surface area contributed by atoms with E-state index >= 15 is 0 Å². The van der Waals surface area contributed by atoms with Crippen LogP contribution in [0.4, 0.5) is 5.82 Å². The predicted octanol–water partition coefficient (Wildman–Crippen LogP) is 1.33. The van der Waals surface area contributed by atoms with Gasteiger partial charge in [-0.15, -0.1) is 0 Å². The Morgan fingerprint density at radius 3 is 2.87 bits per heavy atom. The highest BCUT2D eigenvalue weighted by Gasteiger charge is 2.07. The van der Waals surface area contributed by atoms with Crippen molar-refractivity contribution in [3.8, 4) is 0 Å². The van der Waals surface area contributed by atoms with Gasteiger partial charge in [0.15, 0.2) is 0 Å². The van der Waals surface area contributed by atoms with E-state index in [1.165, 1.54) is 0 Å². The monoisotopic (exact) mass is 271 g/mol. The number of carbonyl (C=O) groups is 1. The van der Waals surface area contributed by atoms with Crippen LogP contribution in [0.15, 0.2) is 16.7 Å². The zero-order valence-electron chi connectivity index (χ0n) is 9.04. The lowest BCUT2D eigenvalue weighted by Crippen LogP contribution is -2.33. The summed E-state index contributed by atoms with van der Waals surface area (Å²) in [6.45, 7) is 2.30. The van der Waals surface area contributed by atoms with Gasteiger partial charge in [0, 0.05) is 24.8 Å². The molecule has 1 amide bonds. The van der Waals surface area contributed by atoms with Crippen molar-refractivity contribution >= 4 is 27.7 Å². The van der Waals surface area contributed by atoms with Gasteiger partial charge in [-0.3, -0.25) is 4.79 Å². The number of likely N-dealkylation sites (N-methyl/N-ethyl adjacent to an activating group) is 2. The summed E-state index contributed by atoms with van der Waals surface area (Å²) in [5.41, 5.74) is 1.10. The first-order valence-electron chi connectivity index (χ1n) is 4.58. The van der Waals surface area contributed by atoms with Crippen molar-refractivity contribution < 1.29 is 4.79 Å². The number of nitrogens with zero attached hydrogens (tertiary/aromatic N) is 2. The molecule has 0 saturated heterocycles. The topological polar surface area (TPSA) is 45.2 Å². The molecule has 0 saturated carbocycles. The molecule has 0 spiro atoms. The van der Waals surface area contributed by atoms with Crippen LogP contribution >= 0.6 is 15.9 Å². The van der Waals surface area contributed by atoms with Crippen molar-refractivity contribution in [2.75, 3.05) is 25.5 Å². The van der Waals surface area contributed by atoms with E-state index in [-0.39, 0.29) is 5.91 Å². The average Bonchev–Trinajstić information content (AvgIpc) is 2.21. The van der Waals surface area contributed by atoms with E-state index in [4.69, 9.17) is 0 Å². The molecule has 1 rings (SSSR count). The summed E-state index contributed by atoms with van der Waals surface area (Å²) < 4.78 is 0.972. The summed E-state index contributed by atoms with van der Waals surface area (Å²) >= 11 is 3.38. The molecule has 0 aliphatic carbocycles. The van der Waals surface area contributed by atoms with Crippen molar-refractivity contribution in [1.82, 2.24) is 10.3 Å². The van der Waals surface area contributed by atoms with Crippen LogP contribution in [-0.2, 0) is 4.79 Å². The molecule has 0 atom stereocenters. The molecule has 1 N–H and O–H groups in total. The summed E-state index contributed by atoms with van der Waals surface area (Å²) in [5.74, 6) is 0.763. The molecular formula is C10H14BrN3O. The lowest BCUT2D eigenvalue weighted by molar-refractivity contribution is -0.119. The Kier molecular flexibility index (Phi) is 4.08. The van der Waals surface area contributed by atoms with Crippen LogP contribution < -0.4 is 10.2 Å². The minimum absolute atomic E-state index is 0.0279. The lowest BCUT2D eigenvalue weighted by Gasteiger charge is -2.17. The fourth-order valence-electron chi connectivity index (χ4n) is 1.11. The Hall–Kier alpha value is -1.10. The van der Waals surface area contributed by atoms with E-state index in [9.17, 15) is 4.79 Å². The SMILES string of the molecule is CNC(=O)CN(C)c1cc(C)c(Br)cn1. The third-order valence-electron chi connectivity index (χ3n) is 2.08. The number of hydrogen-bond acceptors (Lipinski definition) is 3. The number of halogens is 1. The van der Waals surface area contributed by atoms with E-state index in [1.807, 2.05) is 20.0 Å². The largest absolute Gasteiger partial charge is 0.358 e. The summed E-state index contributed by atoms with van der Waals surface area (Å²) in [6.07, 6.45) is 1.74. The second kappa shape index (κ2) is 5.11. The van der Waals surface area contributed by atoms with Crippen molar-refractivity contribution in [2.45, 2.75) is 6.92 Å². The second-order valence-corrected chi connectivity index (χ2v) is 4.18. The number of amides is 1. The molecule has 0 fully saturated rings. The molecule has 1 aromatic heterocycles. The van der Waals surface area contributed by atoms with Gasteiger partial charge in [0.05, 0.1) is 6.54 Å². The van der Waals surface area contributed by atoms with Crippen molar-refractivity contribution in [3.63, 3.8) is 0 Å². The predicted molar refractivity (Wildman–Crippen MR) is 64.0 cm³/mol. The Morgan fingerprint density at radius 2 is 2.33 bits per heavy atom. The van der Waals surface area contributed by atoms with Gasteiger partial charge in [-0.25, -0.2) is 4.98 Å². The van der Waals surface area contributed by atoms with Gasteiger partial charge in [0.2, 0.25) is 5.91 Å². The average molecular weight is 272 g/mol. The Morgan fingerprint density at radius 1 is 1.67 bits per heavy atom. The van der Waals surface area contributed by atoms with Gasteiger partial charge >= 0.3 is 0 Å². The van der Waals surface area contributed by atoms with Crippen molar-refractivity contribution in [2.24, 2.45) is 0 Å². The summed E-state index contributed by atoms with van der Waals surface area (Å²) in [4.78, 5) is 17.2. The third kappa shape index (κ3) is 3.20. The number of carbonyl (C=O) groups excluding carboxylic acids is 1. The molecule has 4 nitrogen and oxygen atoms in total. The molecule has 0 unspecified atom stereocenters. The summed E-state index contributed by atoms with van der Waals surface area (Å²) in [5, 5.41) is 2.57. The number of rotatable bonds is 3. The number of anilines is 1. The standard InChI is InChI=1S/C10H14BrN3O/c1-7-4-9(13-5-8(7)11)14(3)6-10(15)12-2/h4-5H,6H2,1-3H3,(H,12,15). The maximum atomic E-state index is 11.2. The molecule has 0 aromatic carbocycles. The normalized spacial score (nSPS) is 9.87. The molecule has 0 bridgehead atoms. The Labute approximate surface area is 97.8 Å². The first-order chi connectivity index (χ1) is 7.04. The van der Waals surface area contributed by atoms with Gasteiger partial charge in [0.1, 0.15) is 5.82 Å². The second-order valence-electron chi connectivity index (χ2n) is 3.32. The van der Waals surface area contributed by atoms with Crippen LogP contribution in [0.3, 0.4) is 0 Å². The van der Waals surface area contributed by atoms with Crippen molar-refractivity contribution in [3.05, 3.63) is 22.3 Å². The van der Waals surface area contributed by atoms with Gasteiger partial charge < -0.3 is 10.2 Å². The van der Waals surface area contributed by atoms with E-state index in [1.54, 1.807) is 18.1 Å². The maximum Gasteiger partial charge on any atom is 0.239 e. The zero-order valence-corrected chi connectivity index (χ0v) is 10.6. The van der Waals surface area contributed by atoms with Crippen LogP contribution in [0.25, 0.3) is 0 Å². The highest BCUT2D eigenvalue weighted by Crippen LogP contribution is 2.18. The molecular weight excluding hydrogens is 258 g/mol. The van der Waals surface area contributed by atoms with Crippen LogP contribution in [0.2, 0.25) is 0 Å². The van der Waals surface area contributed by atoms with Crippen LogP contribution in [0.1, 0.15) is 5.56 Å². The molecule has 1 aromatic rings. The Bertz CT molecular complexity index is 368. The molecule has 0 aliphatic heterocycles. The summed E-state index contributed by atoms with van der Waals surface area (Å²) in [7, 11) is 3.46. The fraction of sp³-hybridized carbons (Fsp3) is 0.400. The van der Waals surface area contributed by atoms with Crippen molar-refractivity contribution in [1.29, 1.82) is 0 Å². The molecule has 15 heavy (non-hydrogen) atoms. The molecule has 82 valence electrons. The first kappa shape index (κ1) is 12.0. The zero-order chi connectivity index (χ0) is 11.4. The van der Waals surface area contributed by atoms with Crippen LogP contribution in [0, 0.1) is 6.92 Å². The number of aromatic nitrogens is 1. The first-order valence-corrected chi connectivity index (χ1v) is 5.37. The van der Waals surface area contributed by atoms with Crippen LogP contribution in [-0.4, -0.2) is 31.5 Å². The van der Waals surface area contributed by atoms with E-state index in [0.717, 1.165) is 15.9 Å². The van der Waals surface area contributed by atoms with Gasteiger partial charge in [-0.1, -0.05) is 0 Å². The molecule has 0 aliphatic rings. The van der Waals surface area contributed by atoms with Gasteiger partial charge in [-0.2, -0.15) is 0 Å². The highest BCUT2D eigenvalue weighted by molar-refractivity contribution is 9.10. The number of pyridine rings is 1. The van der Waals surface area contributed by atoms with Gasteiger partial charge in [-0.05, 0) is 34.5 Å². The molecule has 1 heterocycles. The highest BCUT2D eigenvalue weighted by atomic mass is 79.9. The number of hydrogen-bond donors (Lipinski definition) is 1. The quantitative estimate of drug-likeness (QED) is 0.903. The fourth-order valence-corrected chi connectivity index (χ4v) is 1.33. The lowest BCUT2D eigenvalue weighted by atomic mass is 10.3. The minimum atomic E-state index is -0.0279. The van der Waals surface area contributed by atoms with E-state index in [2.05, 4.69) is 26.2 Å². The van der Waals surface area contributed by atoms with Gasteiger partial charge in [0.25, 0.3) is 0 Å². The number of nitrogens with one attached hydrogen (secondary N) is 1. The van der Waals surface area contributed by atoms with Crippen LogP contribution in [0.5, 0.6) is 0 Å². The maximum absolute atomic E-state index is 11.2. The smallest absolute Gasteiger partial charge is 0.239 e. The van der Waals surface area contributed by atoms with E-state index < -0.39 is 0 Å². The third-order valence-corrected chi connectivity index (χ3v) is 2.91. The van der Waals surface area contributed by atoms with E-state index in [0.29, 0.717) is 6.54 Å².